The van der Waals surface area contributed by atoms with Crippen molar-refractivity contribution in [1.82, 2.24) is 10.2 Å². The molecule has 4 heteroatoms. The van der Waals surface area contributed by atoms with Crippen LogP contribution in [0, 0.1) is 0 Å². The number of thioether (sulfide) groups is 1. The van der Waals surface area contributed by atoms with Gasteiger partial charge in [0.1, 0.15) is 0 Å². The van der Waals surface area contributed by atoms with Crippen LogP contribution in [0.3, 0.4) is 0 Å². The summed E-state index contributed by atoms with van der Waals surface area (Å²) >= 11 is 5.89. The Labute approximate surface area is 142 Å². The van der Waals surface area contributed by atoms with Gasteiger partial charge < -0.3 is 5.32 Å². The highest BCUT2D eigenvalue weighted by atomic mass is 79.9. The van der Waals surface area contributed by atoms with E-state index in [4.69, 9.17) is 0 Å². The van der Waals surface area contributed by atoms with Gasteiger partial charge in [0, 0.05) is 47.7 Å². The second kappa shape index (κ2) is 8.56. The number of hydrogen-bond acceptors (Lipinski definition) is 3. The summed E-state index contributed by atoms with van der Waals surface area (Å²) in [7, 11) is 0. The van der Waals surface area contributed by atoms with Crippen molar-refractivity contribution < 1.29 is 0 Å². The van der Waals surface area contributed by atoms with E-state index in [0.717, 1.165) is 18.3 Å². The Balaban J connectivity index is 1.94. The smallest absolute Gasteiger partial charge is 0.0245 e. The van der Waals surface area contributed by atoms with Gasteiger partial charge in [0.2, 0.25) is 0 Å². The van der Waals surface area contributed by atoms with E-state index in [9.17, 15) is 0 Å². The molecule has 0 saturated carbocycles. The zero-order chi connectivity index (χ0) is 15.2. The predicted molar refractivity (Wildman–Crippen MR) is 97.9 cm³/mol. The first-order valence-electron chi connectivity index (χ1n) is 7.93. The van der Waals surface area contributed by atoms with Crippen LogP contribution in [-0.2, 0) is 13.1 Å². The van der Waals surface area contributed by atoms with E-state index in [1.54, 1.807) is 0 Å². The highest BCUT2D eigenvalue weighted by molar-refractivity contribution is 9.10. The van der Waals surface area contributed by atoms with Crippen molar-refractivity contribution in [3.8, 4) is 0 Å². The van der Waals surface area contributed by atoms with Crippen LogP contribution in [0.2, 0.25) is 0 Å². The maximum absolute atomic E-state index is 3.75. The van der Waals surface area contributed by atoms with Crippen LogP contribution in [0.25, 0.3) is 0 Å². The quantitative estimate of drug-likeness (QED) is 0.804. The van der Waals surface area contributed by atoms with Gasteiger partial charge in [0.25, 0.3) is 0 Å². The zero-order valence-electron chi connectivity index (χ0n) is 13.4. The van der Waals surface area contributed by atoms with Gasteiger partial charge in [0.15, 0.2) is 0 Å². The Morgan fingerprint density at radius 2 is 2.24 bits per heavy atom. The summed E-state index contributed by atoms with van der Waals surface area (Å²) in [5.41, 5.74) is 2.75. The maximum Gasteiger partial charge on any atom is 0.0245 e. The van der Waals surface area contributed by atoms with Gasteiger partial charge in [-0.3, -0.25) is 4.90 Å². The molecule has 0 bridgehead atoms. The zero-order valence-corrected chi connectivity index (χ0v) is 15.8. The summed E-state index contributed by atoms with van der Waals surface area (Å²) in [6.07, 6.45) is 1.28. The van der Waals surface area contributed by atoms with E-state index in [-0.39, 0.29) is 0 Å². The van der Waals surface area contributed by atoms with Gasteiger partial charge >= 0.3 is 0 Å². The minimum atomic E-state index is 0.528. The molecule has 1 heterocycles. The SMILES string of the molecule is CCC1CN(Cc2ccc(CNC(C)C)cc2Br)CCS1. The molecule has 0 aromatic heterocycles. The molecule has 2 nitrogen and oxygen atoms in total. The molecule has 21 heavy (non-hydrogen) atoms. The molecule has 118 valence electrons. The Morgan fingerprint density at radius 1 is 1.43 bits per heavy atom. The van der Waals surface area contributed by atoms with Crippen molar-refractivity contribution in [2.45, 2.75) is 51.6 Å². The maximum atomic E-state index is 3.75. The van der Waals surface area contributed by atoms with Crippen LogP contribution in [0.15, 0.2) is 22.7 Å². The molecule has 1 N–H and O–H groups in total. The number of nitrogens with one attached hydrogen (secondary N) is 1. The standard InChI is InChI=1S/C17H27BrN2S/c1-4-16-12-20(7-8-21-16)11-15-6-5-14(9-17(15)18)10-19-13(2)3/h5-6,9,13,16,19H,4,7-8,10-12H2,1-3H3. The minimum Gasteiger partial charge on any atom is -0.310 e. The number of rotatable bonds is 6. The van der Waals surface area contributed by atoms with Gasteiger partial charge in [-0.2, -0.15) is 11.8 Å². The summed E-state index contributed by atoms with van der Waals surface area (Å²) in [6.45, 7) is 11.1. The molecule has 1 unspecified atom stereocenters. The molecule has 0 spiro atoms. The lowest BCUT2D eigenvalue weighted by Gasteiger charge is -2.32. The second-order valence-corrected chi connectivity index (χ2v) is 8.36. The van der Waals surface area contributed by atoms with Crippen molar-refractivity contribution in [2.75, 3.05) is 18.8 Å². The van der Waals surface area contributed by atoms with Crippen molar-refractivity contribution >= 4 is 27.7 Å². The van der Waals surface area contributed by atoms with E-state index >= 15 is 0 Å². The fraction of sp³-hybridized carbons (Fsp3) is 0.647. The molecular formula is C17H27BrN2S. The van der Waals surface area contributed by atoms with Crippen LogP contribution >= 0.6 is 27.7 Å². The summed E-state index contributed by atoms with van der Waals surface area (Å²) in [5, 5.41) is 4.28. The molecule has 1 aliphatic heterocycles. The normalized spacial score (nSPS) is 20.1. The number of nitrogens with zero attached hydrogens (tertiary/aromatic N) is 1. The van der Waals surface area contributed by atoms with Gasteiger partial charge in [-0.15, -0.1) is 0 Å². The van der Waals surface area contributed by atoms with Crippen LogP contribution < -0.4 is 5.32 Å². The third-order valence-corrected chi connectivity index (χ3v) is 6.01. The lowest BCUT2D eigenvalue weighted by Crippen LogP contribution is -2.37. The highest BCUT2D eigenvalue weighted by Gasteiger charge is 2.19. The van der Waals surface area contributed by atoms with Gasteiger partial charge in [-0.05, 0) is 23.6 Å². The first-order chi connectivity index (χ1) is 10.1. The highest BCUT2D eigenvalue weighted by Crippen LogP contribution is 2.25. The molecule has 1 aliphatic rings. The van der Waals surface area contributed by atoms with Crippen molar-refractivity contribution in [3.05, 3.63) is 33.8 Å². The Morgan fingerprint density at radius 3 is 2.90 bits per heavy atom. The number of hydrogen-bond donors (Lipinski definition) is 1. The molecule has 1 aromatic rings. The lowest BCUT2D eigenvalue weighted by atomic mass is 10.1. The summed E-state index contributed by atoms with van der Waals surface area (Å²) in [4.78, 5) is 2.59. The summed E-state index contributed by atoms with van der Waals surface area (Å²) < 4.78 is 1.25. The van der Waals surface area contributed by atoms with Crippen molar-refractivity contribution in [1.29, 1.82) is 0 Å². The molecule has 0 aliphatic carbocycles. The Bertz CT molecular complexity index is 450. The number of halogens is 1. The van der Waals surface area contributed by atoms with E-state index < -0.39 is 0 Å². The minimum absolute atomic E-state index is 0.528. The van der Waals surface area contributed by atoms with Crippen LogP contribution in [-0.4, -0.2) is 35.0 Å². The third kappa shape index (κ3) is 5.59. The summed E-state index contributed by atoms with van der Waals surface area (Å²) in [5.74, 6) is 1.27. The van der Waals surface area contributed by atoms with Crippen LogP contribution in [0.5, 0.6) is 0 Å². The topological polar surface area (TPSA) is 15.3 Å². The Hall–Kier alpha value is -0.0300. The molecule has 0 radical (unpaired) electrons. The summed E-state index contributed by atoms with van der Waals surface area (Å²) in [6, 6.07) is 7.33. The van der Waals surface area contributed by atoms with E-state index in [2.05, 4.69) is 76.9 Å². The molecule has 1 aromatic carbocycles. The third-order valence-electron chi connectivity index (χ3n) is 3.90. The fourth-order valence-corrected chi connectivity index (χ4v) is 4.36. The number of benzene rings is 1. The second-order valence-electron chi connectivity index (χ2n) is 6.10. The molecule has 1 atom stereocenters. The van der Waals surface area contributed by atoms with Gasteiger partial charge in [-0.1, -0.05) is 48.8 Å². The molecule has 0 amide bonds. The van der Waals surface area contributed by atoms with Crippen molar-refractivity contribution in [3.63, 3.8) is 0 Å². The largest absolute Gasteiger partial charge is 0.310 e. The van der Waals surface area contributed by atoms with Crippen LogP contribution in [0.4, 0.5) is 0 Å². The molecule has 1 fully saturated rings. The average Bonchev–Trinajstić information content (AvgIpc) is 2.48. The molecule has 2 rings (SSSR count). The van der Waals surface area contributed by atoms with E-state index in [1.807, 2.05) is 0 Å². The van der Waals surface area contributed by atoms with Crippen LogP contribution in [0.1, 0.15) is 38.3 Å². The lowest BCUT2D eigenvalue weighted by molar-refractivity contribution is 0.272. The first-order valence-corrected chi connectivity index (χ1v) is 9.77. The fourth-order valence-electron chi connectivity index (χ4n) is 2.56. The van der Waals surface area contributed by atoms with Gasteiger partial charge in [-0.25, -0.2) is 0 Å². The first kappa shape index (κ1) is 17.3. The monoisotopic (exact) mass is 370 g/mol. The van der Waals surface area contributed by atoms with Crippen molar-refractivity contribution in [2.24, 2.45) is 0 Å². The van der Waals surface area contributed by atoms with Gasteiger partial charge in [0.05, 0.1) is 0 Å². The van der Waals surface area contributed by atoms with E-state index in [0.29, 0.717) is 6.04 Å². The molecular weight excluding hydrogens is 344 g/mol. The predicted octanol–water partition coefficient (Wildman–Crippen LogP) is 4.27. The molecule has 1 saturated heterocycles. The Kier molecular flexibility index (Phi) is 7.06. The van der Waals surface area contributed by atoms with E-state index in [1.165, 1.54) is 40.9 Å². The average molecular weight is 371 g/mol.